The van der Waals surface area contributed by atoms with E-state index in [2.05, 4.69) is 55.0 Å². The Morgan fingerprint density at radius 1 is 0.453 bits per heavy atom. The number of aryl methyl sites for hydroxylation is 1. The molecule has 0 aromatic heterocycles. The minimum Gasteiger partial charge on any atom is -0.399 e. The van der Waals surface area contributed by atoms with Crippen LogP contribution in [0.3, 0.4) is 0 Å². The molecule has 382 valence electrons. The van der Waals surface area contributed by atoms with Gasteiger partial charge in [-0.05, 0) is 131 Å². The van der Waals surface area contributed by atoms with Crippen LogP contribution < -0.4 is 33.6 Å². The van der Waals surface area contributed by atoms with Crippen LogP contribution in [-0.4, -0.2) is 47.3 Å². The quantitative estimate of drug-likeness (QED) is 0.0345. The van der Waals surface area contributed by atoms with Crippen LogP contribution in [0.5, 0.6) is 0 Å². The maximum atomic E-state index is 13.4. The molecule has 0 aliphatic carbocycles. The van der Waals surface area contributed by atoms with E-state index in [1.54, 1.807) is 24.3 Å². The molecule has 0 aliphatic rings. The highest BCUT2D eigenvalue weighted by molar-refractivity contribution is 5.96. The van der Waals surface area contributed by atoms with Gasteiger partial charge in [-0.15, -0.1) is 0 Å². The normalized spacial score (nSPS) is 12.5. The molecular formula is C65H68N6O4. The van der Waals surface area contributed by atoms with Crippen LogP contribution in [-0.2, 0) is 25.7 Å². The number of hydrogen-bond donors (Lipinski definition) is 8. The van der Waals surface area contributed by atoms with E-state index in [4.69, 9.17) is 22.9 Å². The summed E-state index contributed by atoms with van der Waals surface area (Å²) in [4.78, 5) is 26.7. The summed E-state index contributed by atoms with van der Waals surface area (Å²) >= 11 is 0. The molecule has 8 rings (SSSR count). The summed E-state index contributed by atoms with van der Waals surface area (Å²) in [6.07, 6.45) is 2.37. The van der Waals surface area contributed by atoms with Crippen LogP contribution in [0.1, 0.15) is 59.7 Å². The van der Waals surface area contributed by atoms with Gasteiger partial charge >= 0.3 is 0 Å². The zero-order valence-electron chi connectivity index (χ0n) is 42.5. The fourth-order valence-corrected chi connectivity index (χ4v) is 9.19. The Morgan fingerprint density at radius 2 is 0.853 bits per heavy atom. The zero-order chi connectivity index (χ0) is 53.3. The molecule has 0 aliphatic heterocycles. The van der Waals surface area contributed by atoms with Crippen molar-refractivity contribution in [2.24, 2.45) is 23.3 Å². The summed E-state index contributed by atoms with van der Waals surface area (Å²) in [6.45, 7) is 9.58. The fourth-order valence-electron chi connectivity index (χ4n) is 9.19. The van der Waals surface area contributed by atoms with Gasteiger partial charge in [0.2, 0.25) is 0 Å². The summed E-state index contributed by atoms with van der Waals surface area (Å²) in [5, 5.41) is 27.2. The molecular weight excluding hydrogens is 929 g/mol. The molecule has 0 spiro atoms. The fraction of sp³-hybridized carbons (Fsp3) is 0.169. The molecule has 10 nitrogen and oxygen atoms in total. The lowest BCUT2D eigenvalue weighted by molar-refractivity contribution is 0.0894. The van der Waals surface area contributed by atoms with Gasteiger partial charge in [0.15, 0.2) is 0 Å². The third-order valence-corrected chi connectivity index (χ3v) is 13.5. The Labute approximate surface area is 441 Å². The number of carbonyl (C=O) groups is 2. The number of nitrogens with two attached hydrogens (primary N) is 4. The van der Waals surface area contributed by atoms with Crippen LogP contribution in [0.25, 0.3) is 33.6 Å². The van der Waals surface area contributed by atoms with Crippen LogP contribution in [0.15, 0.2) is 213 Å². The summed E-state index contributed by atoms with van der Waals surface area (Å²) in [7, 11) is 0. The Kier molecular flexibility index (Phi) is 19.0. The molecule has 75 heavy (non-hydrogen) atoms. The molecule has 0 bridgehead atoms. The first-order valence-electron chi connectivity index (χ1n) is 25.2. The molecule has 0 fully saturated rings. The van der Waals surface area contributed by atoms with Gasteiger partial charge in [-0.1, -0.05) is 170 Å². The molecule has 0 heterocycles. The third-order valence-electron chi connectivity index (χ3n) is 13.5. The molecule has 0 saturated carbocycles. The minimum atomic E-state index is -0.299. The number of nitrogen functional groups attached to an aromatic ring is 2. The maximum Gasteiger partial charge on any atom is 0.251 e. The van der Waals surface area contributed by atoms with Crippen LogP contribution in [0.2, 0.25) is 0 Å². The molecule has 0 saturated heterocycles. The van der Waals surface area contributed by atoms with Gasteiger partial charge in [0, 0.05) is 76.6 Å². The second kappa shape index (κ2) is 26.3. The van der Waals surface area contributed by atoms with Crippen molar-refractivity contribution < 1.29 is 19.8 Å². The molecule has 4 atom stereocenters. The van der Waals surface area contributed by atoms with E-state index in [0.717, 1.165) is 55.6 Å². The van der Waals surface area contributed by atoms with Crippen molar-refractivity contribution in [3.63, 3.8) is 0 Å². The van der Waals surface area contributed by atoms with E-state index >= 15 is 0 Å². The Bertz CT molecular complexity index is 3160. The minimum absolute atomic E-state index is 0.0576. The summed E-state index contributed by atoms with van der Waals surface area (Å²) < 4.78 is 0. The van der Waals surface area contributed by atoms with Crippen molar-refractivity contribution in [2.75, 3.05) is 24.7 Å². The number of amides is 2. The van der Waals surface area contributed by atoms with Crippen LogP contribution in [0, 0.1) is 18.8 Å². The number of benzene rings is 8. The van der Waals surface area contributed by atoms with Gasteiger partial charge in [-0.2, -0.15) is 0 Å². The monoisotopic (exact) mass is 997 g/mol. The van der Waals surface area contributed by atoms with Crippen molar-refractivity contribution in [3.05, 3.63) is 263 Å². The van der Waals surface area contributed by atoms with Crippen LogP contribution >= 0.6 is 0 Å². The first-order valence-corrected chi connectivity index (χ1v) is 25.2. The third kappa shape index (κ3) is 15.4. The molecule has 4 unspecified atom stereocenters. The Hall–Kier alpha value is -8.70. The topological polar surface area (TPSA) is 203 Å². The van der Waals surface area contributed by atoms with E-state index in [1.807, 2.05) is 152 Å². The van der Waals surface area contributed by atoms with Gasteiger partial charge in [0.25, 0.3) is 11.8 Å². The highest BCUT2D eigenvalue weighted by Gasteiger charge is 2.26. The number of anilines is 2. The summed E-state index contributed by atoms with van der Waals surface area (Å²) in [5.41, 5.74) is 38.1. The van der Waals surface area contributed by atoms with Crippen molar-refractivity contribution in [3.8, 4) is 22.3 Å². The highest BCUT2D eigenvalue weighted by Crippen LogP contribution is 2.29. The average Bonchev–Trinajstić information content (AvgIpc) is 3.42. The molecule has 8 aromatic rings. The second-order valence-corrected chi connectivity index (χ2v) is 19.2. The van der Waals surface area contributed by atoms with Gasteiger partial charge in [-0.3, -0.25) is 9.59 Å². The number of rotatable bonds is 20. The Morgan fingerprint density at radius 3 is 1.25 bits per heavy atom. The first kappa shape index (κ1) is 54.1. The van der Waals surface area contributed by atoms with Crippen LogP contribution in [0.4, 0.5) is 11.4 Å². The average molecular weight is 997 g/mol. The lowest BCUT2D eigenvalue weighted by atomic mass is 9.88. The lowest BCUT2D eigenvalue weighted by Crippen LogP contribution is -2.44. The first-order chi connectivity index (χ1) is 36.3. The predicted octanol–water partition coefficient (Wildman–Crippen LogP) is 10.4. The smallest absolute Gasteiger partial charge is 0.251 e. The largest absolute Gasteiger partial charge is 0.399 e. The summed E-state index contributed by atoms with van der Waals surface area (Å²) in [6, 6.07) is 63.8. The lowest BCUT2D eigenvalue weighted by Gasteiger charge is -2.27. The van der Waals surface area contributed by atoms with Crippen molar-refractivity contribution >= 4 is 34.6 Å². The van der Waals surface area contributed by atoms with Crippen molar-refractivity contribution in [2.45, 2.75) is 44.7 Å². The number of nitrogens with one attached hydrogen (secondary N) is 2. The standard InChI is InChI=1S/C33H34N2O2.C32H34N4O2/c1-23-11-13-27(14-12-23)28-15-17-29(18-16-28)33(37)35-32(21-25-7-4-3-5-8-25)31(22-36)20-26-9-6-10-30(19-26)24(2)34;1-21(33)26-9-5-8-23(16-26)17-27(20-37)31(18-22-6-3-2-4-7-22)36-32(38)25-12-10-24(11-13-25)29-15-14-28(34)19-30(29)35/h3-19,31-32,36H,2,20-22,34H2,1H3,(H,35,37);2-16,19,27,31,37H,1,17-18,20,33-35H2,(H,36,38). The van der Waals surface area contributed by atoms with Gasteiger partial charge < -0.3 is 43.8 Å². The van der Waals surface area contributed by atoms with Gasteiger partial charge in [0.1, 0.15) is 0 Å². The van der Waals surface area contributed by atoms with Crippen molar-refractivity contribution in [1.29, 1.82) is 0 Å². The molecule has 2 amide bonds. The molecule has 10 heteroatoms. The summed E-state index contributed by atoms with van der Waals surface area (Å²) in [5.74, 6) is -0.754. The predicted molar refractivity (Wildman–Crippen MR) is 308 cm³/mol. The molecule has 8 aromatic carbocycles. The zero-order valence-corrected chi connectivity index (χ0v) is 42.5. The van der Waals surface area contributed by atoms with E-state index in [0.29, 0.717) is 59.6 Å². The number of aliphatic hydroxyl groups excluding tert-OH is 2. The number of aliphatic hydroxyl groups is 2. The SMILES string of the molecule is C=C(N)c1cccc(CC(CO)C(Cc2ccccc2)NC(=O)c2ccc(-c3ccc(C)cc3)cc2)c1.C=C(N)c1cccc(CC(CO)C(Cc2ccccc2)NC(=O)c2ccc(-c3ccc(N)cc3N)cc2)c1. The maximum absolute atomic E-state index is 13.4. The van der Waals surface area contributed by atoms with Gasteiger partial charge in [0.05, 0.1) is 0 Å². The number of hydrogen-bond acceptors (Lipinski definition) is 8. The second-order valence-electron chi connectivity index (χ2n) is 19.2. The van der Waals surface area contributed by atoms with E-state index < -0.39 is 0 Å². The molecule has 12 N–H and O–H groups in total. The Balaban J connectivity index is 0.000000219. The molecule has 0 radical (unpaired) electrons. The highest BCUT2D eigenvalue weighted by atomic mass is 16.3. The van der Waals surface area contributed by atoms with E-state index in [9.17, 15) is 19.8 Å². The number of carbonyl (C=O) groups excluding carboxylic acids is 2. The van der Waals surface area contributed by atoms with Crippen molar-refractivity contribution in [1.82, 2.24) is 10.6 Å². The van der Waals surface area contributed by atoms with E-state index in [1.165, 1.54) is 5.56 Å². The van der Waals surface area contributed by atoms with Gasteiger partial charge in [-0.25, -0.2) is 0 Å². The van der Waals surface area contributed by atoms with E-state index in [-0.39, 0.29) is 48.9 Å².